The Hall–Kier alpha value is -3.61. The van der Waals surface area contributed by atoms with Gasteiger partial charge in [0.2, 0.25) is 0 Å². The van der Waals surface area contributed by atoms with Crippen molar-refractivity contribution < 1.29 is 9.59 Å². The van der Waals surface area contributed by atoms with Crippen LogP contribution in [0.25, 0.3) is 0 Å². The van der Waals surface area contributed by atoms with E-state index in [-0.39, 0.29) is 11.9 Å². The van der Waals surface area contributed by atoms with Gasteiger partial charge in [-0.15, -0.1) is 0 Å². The van der Waals surface area contributed by atoms with E-state index in [1.165, 1.54) is 0 Å². The van der Waals surface area contributed by atoms with E-state index in [0.717, 1.165) is 11.4 Å². The van der Waals surface area contributed by atoms with Gasteiger partial charge in [0.1, 0.15) is 0 Å². The van der Waals surface area contributed by atoms with Crippen molar-refractivity contribution in [3.8, 4) is 0 Å². The Morgan fingerprint density at radius 2 is 1.50 bits per heavy atom. The zero-order chi connectivity index (χ0) is 18.5. The highest BCUT2D eigenvalue weighted by atomic mass is 16.2. The second-order valence-electron chi connectivity index (χ2n) is 5.79. The van der Waals surface area contributed by atoms with Crippen LogP contribution in [0.1, 0.15) is 21.7 Å². The minimum absolute atomic E-state index is 0.211. The summed E-state index contributed by atoms with van der Waals surface area (Å²) in [5.41, 5.74) is 3.96. The van der Waals surface area contributed by atoms with Crippen LogP contribution in [0.15, 0.2) is 54.6 Å². The number of urea groups is 1. The van der Waals surface area contributed by atoms with Crippen LogP contribution in [-0.4, -0.2) is 22.1 Å². The SMILES string of the molecule is Cc1n[nH]c(C)c1NC(=O)Nc1ccc(C(=O)Nc2ccccc2)cc1. The number of anilines is 3. The fourth-order valence-corrected chi connectivity index (χ4v) is 2.44. The molecule has 4 N–H and O–H groups in total. The molecular weight excluding hydrogens is 330 g/mol. The van der Waals surface area contributed by atoms with Crippen molar-refractivity contribution in [3.05, 3.63) is 71.5 Å². The molecule has 0 fully saturated rings. The molecule has 0 bridgehead atoms. The molecule has 132 valence electrons. The molecule has 0 atom stereocenters. The van der Waals surface area contributed by atoms with Crippen molar-refractivity contribution in [2.24, 2.45) is 0 Å². The second-order valence-corrected chi connectivity index (χ2v) is 5.79. The number of nitrogens with zero attached hydrogens (tertiary/aromatic N) is 1. The van der Waals surface area contributed by atoms with Gasteiger partial charge in [0.25, 0.3) is 5.91 Å². The first-order valence-corrected chi connectivity index (χ1v) is 8.09. The van der Waals surface area contributed by atoms with Crippen LogP contribution < -0.4 is 16.0 Å². The lowest BCUT2D eigenvalue weighted by atomic mass is 10.2. The van der Waals surface area contributed by atoms with E-state index < -0.39 is 0 Å². The monoisotopic (exact) mass is 349 g/mol. The number of carbonyl (C=O) groups is 2. The molecule has 0 saturated carbocycles. The first-order valence-electron chi connectivity index (χ1n) is 8.09. The normalized spacial score (nSPS) is 10.2. The Balaban J connectivity index is 1.60. The van der Waals surface area contributed by atoms with Crippen molar-refractivity contribution in [1.82, 2.24) is 10.2 Å². The molecule has 0 aliphatic heterocycles. The minimum Gasteiger partial charge on any atom is -0.322 e. The van der Waals surface area contributed by atoms with E-state index in [0.29, 0.717) is 22.6 Å². The molecule has 1 heterocycles. The summed E-state index contributed by atoms with van der Waals surface area (Å²) in [5.74, 6) is -0.211. The molecule has 0 saturated heterocycles. The van der Waals surface area contributed by atoms with Crippen LogP contribution in [0.2, 0.25) is 0 Å². The molecule has 3 rings (SSSR count). The molecule has 7 nitrogen and oxygen atoms in total. The lowest BCUT2D eigenvalue weighted by Gasteiger charge is -2.09. The summed E-state index contributed by atoms with van der Waals surface area (Å²) in [6, 6.07) is 15.5. The Kier molecular flexibility index (Phi) is 4.98. The lowest BCUT2D eigenvalue weighted by Crippen LogP contribution is -2.20. The van der Waals surface area contributed by atoms with E-state index >= 15 is 0 Å². The van der Waals surface area contributed by atoms with Crippen LogP contribution >= 0.6 is 0 Å². The fraction of sp³-hybridized carbons (Fsp3) is 0.105. The number of para-hydroxylation sites is 1. The number of H-pyrrole nitrogens is 1. The maximum Gasteiger partial charge on any atom is 0.323 e. The van der Waals surface area contributed by atoms with Gasteiger partial charge in [-0.1, -0.05) is 18.2 Å². The van der Waals surface area contributed by atoms with Gasteiger partial charge in [0.15, 0.2) is 0 Å². The van der Waals surface area contributed by atoms with Crippen molar-refractivity contribution in [3.63, 3.8) is 0 Å². The number of benzene rings is 2. The molecule has 0 spiro atoms. The molecular formula is C19H19N5O2. The number of hydrogen-bond acceptors (Lipinski definition) is 3. The summed E-state index contributed by atoms with van der Waals surface area (Å²) in [6.45, 7) is 3.63. The van der Waals surface area contributed by atoms with Crippen LogP contribution in [0, 0.1) is 13.8 Å². The maximum absolute atomic E-state index is 12.2. The lowest BCUT2D eigenvalue weighted by molar-refractivity contribution is 0.102. The molecule has 0 aliphatic rings. The Morgan fingerprint density at radius 3 is 2.12 bits per heavy atom. The standard InChI is InChI=1S/C19H19N5O2/c1-12-17(13(2)24-23-12)22-19(26)21-16-10-8-14(9-11-16)18(25)20-15-6-4-3-5-7-15/h3-11H,1-2H3,(H,20,25)(H,23,24)(H2,21,22,26). The second kappa shape index (κ2) is 7.52. The van der Waals surface area contributed by atoms with E-state index in [9.17, 15) is 9.59 Å². The molecule has 0 aliphatic carbocycles. The van der Waals surface area contributed by atoms with Gasteiger partial charge in [0, 0.05) is 16.9 Å². The molecule has 1 aromatic heterocycles. The predicted octanol–water partition coefficient (Wildman–Crippen LogP) is 3.92. The van der Waals surface area contributed by atoms with Crippen molar-refractivity contribution in [1.29, 1.82) is 0 Å². The van der Waals surface area contributed by atoms with Crippen LogP contribution in [-0.2, 0) is 0 Å². The van der Waals surface area contributed by atoms with Gasteiger partial charge in [-0.05, 0) is 50.2 Å². The number of aryl methyl sites for hydroxylation is 2. The van der Waals surface area contributed by atoms with Crippen LogP contribution in [0.4, 0.5) is 21.9 Å². The van der Waals surface area contributed by atoms with Gasteiger partial charge in [-0.3, -0.25) is 9.89 Å². The summed E-state index contributed by atoms with van der Waals surface area (Å²) in [6.07, 6.45) is 0. The molecule has 2 aromatic carbocycles. The Labute approximate surface area is 150 Å². The van der Waals surface area contributed by atoms with Gasteiger partial charge in [-0.25, -0.2) is 4.79 Å². The van der Waals surface area contributed by atoms with E-state index in [4.69, 9.17) is 0 Å². The largest absolute Gasteiger partial charge is 0.323 e. The molecule has 0 radical (unpaired) electrons. The zero-order valence-electron chi connectivity index (χ0n) is 14.5. The summed E-state index contributed by atoms with van der Waals surface area (Å²) in [7, 11) is 0. The quantitative estimate of drug-likeness (QED) is 0.574. The number of aromatic nitrogens is 2. The molecule has 7 heteroatoms. The molecule has 3 amide bonds. The average Bonchev–Trinajstić information content (AvgIpc) is 2.95. The number of nitrogens with one attached hydrogen (secondary N) is 4. The Bertz CT molecular complexity index is 897. The number of aromatic amines is 1. The van der Waals surface area contributed by atoms with Crippen LogP contribution in [0.5, 0.6) is 0 Å². The number of carbonyl (C=O) groups excluding carboxylic acids is 2. The number of amides is 3. The van der Waals surface area contributed by atoms with E-state index in [1.807, 2.05) is 37.3 Å². The first kappa shape index (κ1) is 17.2. The third-order valence-electron chi connectivity index (χ3n) is 3.80. The highest BCUT2D eigenvalue weighted by Gasteiger charge is 2.11. The Morgan fingerprint density at radius 1 is 0.846 bits per heavy atom. The van der Waals surface area contributed by atoms with Crippen LogP contribution in [0.3, 0.4) is 0 Å². The smallest absolute Gasteiger partial charge is 0.322 e. The fourth-order valence-electron chi connectivity index (χ4n) is 2.44. The third kappa shape index (κ3) is 4.07. The first-order chi connectivity index (χ1) is 12.5. The molecule has 3 aromatic rings. The van der Waals surface area contributed by atoms with Gasteiger partial charge >= 0.3 is 6.03 Å². The third-order valence-corrected chi connectivity index (χ3v) is 3.80. The van der Waals surface area contributed by atoms with Gasteiger partial charge in [-0.2, -0.15) is 5.10 Å². The van der Waals surface area contributed by atoms with Crippen molar-refractivity contribution in [2.75, 3.05) is 16.0 Å². The van der Waals surface area contributed by atoms with Gasteiger partial charge in [0.05, 0.1) is 17.1 Å². The number of hydrogen-bond donors (Lipinski definition) is 4. The summed E-state index contributed by atoms with van der Waals surface area (Å²) >= 11 is 0. The highest BCUT2D eigenvalue weighted by Crippen LogP contribution is 2.17. The summed E-state index contributed by atoms with van der Waals surface area (Å²) < 4.78 is 0. The minimum atomic E-state index is -0.376. The summed E-state index contributed by atoms with van der Waals surface area (Å²) in [4.78, 5) is 24.3. The maximum atomic E-state index is 12.2. The molecule has 26 heavy (non-hydrogen) atoms. The number of rotatable bonds is 4. The predicted molar refractivity (Wildman–Crippen MR) is 102 cm³/mol. The molecule has 0 unspecified atom stereocenters. The van der Waals surface area contributed by atoms with Crippen molar-refractivity contribution in [2.45, 2.75) is 13.8 Å². The topological polar surface area (TPSA) is 98.9 Å². The van der Waals surface area contributed by atoms with Crippen molar-refractivity contribution >= 4 is 29.0 Å². The summed E-state index contributed by atoms with van der Waals surface area (Å²) in [5, 5.41) is 15.1. The van der Waals surface area contributed by atoms with Gasteiger partial charge < -0.3 is 16.0 Å². The average molecular weight is 349 g/mol. The highest BCUT2D eigenvalue weighted by molar-refractivity contribution is 6.05. The van der Waals surface area contributed by atoms with E-state index in [1.54, 1.807) is 31.2 Å². The van der Waals surface area contributed by atoms with E-state index in [2.05, 4.69) is 26.1 Å². The zero-order valence-corrected chi connectivity index (χ0v) is 14.5.